The van der Waals surface area contributed by atoms with Gasteiger partial charge in [0.2, 0.25) is 0 Å². The Balaban J connectivity index is 1.42. The average molecular weight is 478 g/mol. The maximum atomic E-state index is 12.4. The number of thiazole rings is 1. The molecule has 28 heavy (non-hydrogen) atoms. The molecule has 6 nitrogen and oxygen atoms in total. The zero-order valence-electron chi connectivity index (χ0n) is 14.6. The van der Waals surface area contributed by atoms with Crippen molar-refractivity contribution < 1.29 is 9.53 Å². The predicted molar refractivity (Wildman–Crippen MR) is 114 cm³/mol. The molecule has 2 aromatic carbocycles. The summed E-state index contributed by atoms with van der Waals surface area (Å²) in [5, 5.41) is 8.07. The molecule has 0 aliphatic rings. The van der Waals surface area contributed by atoms with Gasteiger partial charge >= 0.3 is 0 Å². The highest BCUT2D eigenvalue weighted by Gasteiger charge is 2.13. The maximum Gasteiger partial charge on any atom is 0.277 e. The van der Waals surface area contributed by atoms with Gasteiger partial charge in [0.25, 0.3) is 5.91 Å². The van der Waals surface area contributed by atoms with E-state index in [1.165, 1.54) is 16.0 Å². The van der Waals surface area contributed by atoms with Crippen molar-refractivity contribution in [2.24, 2.45) is 0 Å². The molecule has 4 aromatic rings. The van der Waals surface area contributed by atoms with E-state index in [0.29, 0.717) is 15.9 Å². The van der Waals surface area contributed by atoms with Crippen molar-refractivity contribution in [2.75, 3.05) is 5.32 Å². The van der Waals surface area contributed by atoms with Crippen molar-refractivity contribution in [2.45, 2.75) is 13.7 Å². The van der Waals surface area contributed by atoms with Gasteiger partial charge in [-0.2, -0.15) is 5.10 Å². The third-order valence-corrected chi connectivity index (χ3v) is 5.61. The van der Waals surface area contributed by atoms with E-state index in [0.717, 1.165) is 20.3 Å². The zero-order chi connectivity index (χ0) is 19.7. The quantitative estimate of drug-likeness (QED) is 0.412. The van der Waals surface area contributed by atoms with Crippen LogP contribution in [0.5, 0.6) is 5.75 Å². The average Bonchev–Trinajstić information content (AvgIpc) is 3.27. The SMILES string of the molecule is Cc1ccc2nc(NC(=O)c3ccn(COc4ccc(Br)cc4Cl)n3)sc2c1. The molecule has 1 amide bonds. The standard InChI is InChI=1S/C19H14BrClN4O2S/c1-11-2-4-14-17(8-11)28-19(22-14)23-18(26)15-6-7-25(24-15)10-27-16-5-3-12(20)9-13(16)21/h2-9H,10H2,1H3,(H,22,23,26). The number of rotatable bonds is 5. The molecule has 142 valence electrons. The number of carbonyl (C=O) groups is 1. The number of hydrogen-bond acceptors (Lipinski definition) is 5. The first-order valence-corrected chi connectivity index (χ1v) is 10.3. The summed E-state index contributed by atoms with van der Waals surface area (Å²) < 4.78 is 9.07. The Morgan fingerprint density at radius 1 is 1.29 bits per heavy atom. The minimum absolute atomic E-state index is 0.134. The molecule has 0 radical (unpaired) electrons. The van der Waals surface area contributed by atoms with Gasteiger partial charge in [-0.25, -0.2) is 9.67 Å². The minimum atomic E-state index is -0.323. The summed E-state index contributed by atoms with van der Waals surface area (Å²) in [7, 11) is 0. The molecule has 0 saturated heterocycles. The van der Waals surface area contributed by atoms with Crippen molar-refractivity contribution in [3.8, 4) is 5.75 Å². The Morgan fingerprint density at radius 2 is 2.14 bits per heavy atom. The number of carbonyl (C=O) groups excluding carboxylic acids is 1. The van der Waals surface area contributed by atoms with E-state index >= 15 is 0 Å². The highest BCUT2D eigenvalue weighted by atomic mass is 79.9. The van der Waals surface area contributed by atoms with E-state index in [4.69, 9.17) is 16.3 Å². The number of hydrogen-bond donors (Lipinski definition) is 1. The normalized spacial score (nSPS) is 11.0. The topological polar surface area (TPSA) is 69.0 Å². The van der Waals surface area contributed by atoms with E-state index in [9.17, 15) is 4.79 Å². The number of anilines is 1. The first-order chi connectivity index (χ1) is 13.5. The second kappa shape index (κ2) is 7.90. The molecule has 0 aliphatic carbocycles. The summed E-state index contributed by atoms with van der Waals surface area (Å²) in [6.45, 7) is 2.16. The number of nitrogens with zero attached hydrogens (tertiary/aromatic N) is 3. The van der Waals surface area contributed by atoms with Gasteiger partial charge in [0.05, 0.1) is 15.2 Å². The van der Waals surface area contributed by atoms with E-state index in [2.05, 4.69) is 31.3 Å². The first kappa shape index (κ1) is 18.9. The van der Waals surface area contributed by atoms with Crippen LogP contribution in [0.2, 0.25) is 5.02 Å². The lowest BCUT2D eigenvalue weighted by Crippen LogP contribution is -2.14. The molecule has 0 saturated carbocycles. The second-order valence-corrected chi connectivity index (χ2v) is 8.39. The van der Waals surface area contributed by atoms with Crippen molar-refractivity contribution in [3.05, 3.63) is 69.4 Å². The molecule has 1 N–H and O–H groups in total. The van der Waals surface area contributed by atoms with E-state index in [1.807, 2.05) is 31.2 Å². The molecule has 0 aliphatic heterocycles. The minimum Gasteiger partial charge on any atom is -0.470 e. The molecule has 0 fully saturated rings. The molecule has 4 rings (SSSR count). The lowest BCUT2D eigenvalue weighted by Gasteiger charge is -2.08. The molecule has 9 heteroatoms. The van der Waals surface area contributed by atoms with Gasteiger partial charge in [0, 0.05) is 10.7 Å². The van der Waals surface area contributed by atoms with Crippen LogP contribution in [0.4, 0.5) is 5.13 Å². The Labute approximate surface area is 178 Å². The fraction of sp³-hybridized carbons (Fsp3) is 0.105. The number of fused-ring (bicyclic) bond motifs is 1. The summed E-state index contributed by atoms with van der Waals surface area (Å²) in [6.07, 6.45) is 1.67. The monoisotopic (exact) mass is 476 g/mol. The second-order valence-electron chi connectivity index (χ2n) is 6.03. The summed E-state index contributed by atoms with van der Waals surface area (Å²) in [4.78, 5) is 16.9. The number of halogens is 2. The Hall–Kier alpha value is -2.42. The van der Waals surface area contributed by atoms with Crippen LogP contribution in [0.15, 0.2) is 53.1 Å². The molecular weight excluding hydrogens is 464 g/mol. The summed E-state index contributed by atoms with van der Waals surface area (Å²) in [6, 6.07) is 12.9. The maximum absolute atomic E-state index is 12.4. The largest absolute Gasteiger partial charge is 0.470 e. The molecule has 0 spiro atoms. The Morgan fingerprint density at radius 3 is 2.96 bits per heavy atom. The van der Waals surface area contributed by atoms with Gasteiger partial charge < -0.3 is 4.74 Å². The van der Waals surface area contributed by atoms with Crippen molar-refractivity contribution in [1.82, 2.24) is 14.8 Å². The highest BCUT2D eigenvalue weighted by molar-refractivity contribution is 9.10. The third kappa shape index (κ3) is 4.19. The lowest BCUT2D eigenvalue weighted by molar-refractivity contribution is 0.102. The van der Waals surface area contributed by atoms with Gasteiger partial charge in [-0.1, -0.05) is 44.9 Å². The number of nitrogens with one attached hydrogen (secondary N) is 1. The van der Waals surface area contributed by atoms with Crippen LogP contribution < -0.4 is 10.1 Å². The van der Waals surface area contributed by atoms with Gasteiger partial charge in [0.1, 0.15) is 5.75 Å². The van der Waals surface area contributed by atoms with E-state index in [1.54, 1.807) is 24.4 Å². The van der Waals surface area contributed by atoms with Crippen LogP contribution in [0.3, 0.4) is 0 Å². The fourth-order valence-corrected chi connectivity index (χ4v) is 4.22. The summed E-state index contributed by atoms with van der Waals surface area (Å²) in [5.41, 5.74) is 2.29. The van der Waals surface area contributed by atoms with Crippen LogP contribution in [0.1, 0.15) is 16.1 Å². The van der Waals surface area contributed by atoms with Crippen LogP contribution in [0, 0.1) is 6.92 Å². The van der Waals surface area contributed by atoms with Gasteiger partial charge in [-0.15, -0.1) is 0 Å². The summed E-state index contributed by atoms with van der Waals surface area (Å²) >= 11 is 10.9. The number of aromatic nitrogens is 3. The number of benzene rings is 2. The molecule has 0 atom stereocenters. The molecule has 2 aromatic heterocycles. The molecule has 0 bridgehead atoms. The predicted octanol–water partition coefficient (Wildman–Crippen LogP) is 5.51. The van der Waals surface area contributed by atoms with Gasteiger partial charge in [-0.3, -0.25) is 10.1 Å². The molecule has 0 unspecified atom stereocenters. The highest BCUT2D eigenvalue weighted by Crippen LogP contribution is 2.28. The number of aryl methyl sites for hydroxylation is 1. The number of amides is 1. The van der Waals surface area contributed by atoms with Crippen LogP contribution in [-0.4, -0.2) is 20.7 Å². The first-order valence-electron chi connectivity index (χ1n) is 8.28. The fourth-order valence-electron chi connectivity index (χ4n) is 2.53. The smallest absolute Gasteiger partial charge is 0.277 e. The van der Waals surface area contributed by atoms with E-state index in [-0.39, 0.29) is 18.3 Å². The van der Waals surface area contributed by atoms with Crippen LogP contribution in [0.25, 0.3) is 10.2 Å². The number of ether oxygens (including phenoxy) is 1. The Bertz CT molecular complexity index is 1170. The van der Waals surface area contributed by atoms with Crippen LogP contribution >= 0.6 is 38.9 Å². The van der Waals surface area contributed by atoms with Crippen LogP contribution in [-0.2, 0) is 6.73 Å². The third-order valence-electron chi connectivity index (χ3n) is 3.88. The van der Waals surface area contributed by atoms with Crippen molar-refractivity contribution >= 4 is 60.1 Å². The van der Waals surface area contributed by atoms with Crippen molar-refractivity contribution in [1.29, 1.82) is 0 Å². The molecule has 2 heterocycles. The summed E-state index contributed by atoms with van der Waals surface area (Å²) in [5.74, 6) is 0.215. The molecular formula is C19H14BrClN4O2S. The van der Waals surface area contributed by atoms with Gasteiger partial charge in [-0.05, 0) is 48.9 Å². The lowest BCUT2D eigenvalue weighted by atomic mass is 10.2. The van der Waals surface area contributed by atoms with Crippen molar-refractivity contribution in [3.63, 3.8) is 0 Å². The Kier molecular flexibility index (Phi) is 5.34. The van der Waals surface area contributed by atoms with Gasteiger partial charge in [0.15, 0.2) is 17.6 Å². The zero-order valence-corrected chi connectivity index (χ0v) is 17.8. The van der Waals surface area contributed by atoms with E-state index < -0.39 is 0 Å².